The molecule has 2 aromatic carbocycles. The highest BCUT2D eigenvalue weighted by atomic mass is 16.2. The molecule has 1 unspecified atom stereocenters. The monoisotopic (exact) mass is 348 g/mol. The Kier molecular flexibility index (Phi) is 4.49. The Labute approximate surface area is 154 Å². The maximum Gasteiger partial charge on any atom is 0.246 e. The van der Waals surface area contributed by atoms with Gasteiger partial charge in [0.15, 0.2) is 0 Å². The molecule has 1 heterocycles. The van der Waals surface area contributed by atoms with E-state index in [2.05, 4.69) is 12.1 Å². The lowest BCUT2D eigenvalue weighted by atomic mass is 10.00. The van der Waals surface area contributed by atoms with E-state index >= 15 is 0 Å². The van der Waals surface area contributed by atoms with Crippen molar-refractivity contribution in [1.29, 1.82) is 0 Å². The van der Waals surface area contributed by atoms with E-state index in [-0.39, 0.29) is 30.3 Å². The molecule has 1 aliphatic heterocycles. The Morgan fingerprint density at radius 3 is 2.42 bits per heavy atom. The minimum atomic E-state index is 0.0117. The number of para-hydroxylation sites is 1. The maximum absolute atomic E-state index is 12.8. The normalized spacial score (nSPS) is 20.3. The molecule has 2 aliphatic rings. The quantitative estimate of drug-likeness (QED) is 0.851. The number of carbonyl (C=O) groups excluding carboxylic acids is 2. The molecule has 1 atom stereocenters. The summed E-state index contributed by atoms with van der Waals surface area (Å²) < 4.78 is 0. The maximum atomic E-state index is 12.8. The standard InChI is InChI=1S/C22H24N2O2/c1-16-7-5-6-10-20(16)24-14-19(13-17-8-3-2-4-9-17)23(15-21(24)25)22(26)18-11-12-18/h2-10,18-19H,11-15H2,1H3. The number of hydrogen-bond acceptors (Lipinski definition) is 2. The van der Waals surface area contributed by atoms with Gasteiger partial charge in [-0.2, -0.15) is 0 Å². The summed E-state index contributed by atoms with van der Waals surface area (Å²) in [7, 11) is 0. The van der Waals surface area contributed by atoms with E-state index in [9.17, 15) is 9.59 Å². The SMILES string of the molecule is Cc1ccccc1N1CC(Cc2ccccc2)N(C(=O)C2CC2)CC1=O. The van der Waals surface area contributed by atoms with Crippen molar-refractivity contribution in [3.63, 3.8) is 0 Å². The smallest absolute Gasteiger partial charge is 0.246 e. The summed E-state index contributed by atoms with van der Waals surface area (Å²) in [6.07, 6.45) is 2.70. The van der Waals surface area contributed by atoms with E-state index in [1.165, 1.54) is 5.56 Å². The third kappa shape index (κ3) is 3.36. The molecular formula is C22H24N2O2. The van der Waals surface area contributed by atoms with Crippen LogP contribution in [0.1, 0.15) is 24.0 Å². The van der Waals surface area contributed by atoms with Crippen LogP contribution < -0.4 is 4.90 Å². The molecule has 0 N–H and O–H groups in total. The van der Waals surface area contributed by atoms with E-state index in [1.807, 2.05) is 59.2 Å². The van der Waals surface area contributed by atoms with Gasteiger partial charge in [-0.1, -0.05) is 48.5 Å². The highest BCUT2D eigenvalue weighted by Crippen LogP contribution is 2.33. The van der Waals surface area contributed by atoms with Gasteiger partial charge < -0.3 is 9.80 Å². The Morgan fingerprint density at radius 1 is 1.04 bits per heavy atom. The van der Waals surface area contributed by atoms with Crippen molar-refractivity contribution < 1.29 is 9.59 Å². The number of aryl methyl sites for hydroxylation is 1. The van der Waals surface area contributed by atoms with E-state index in [1.54, 1.807) is 0 Å². The van der Waals surface area contributed by atoms with Crippen LogP contribution in [0.15, 0.2) is 54.6 Å². The highest BCUT2D eigenvalue weighted by molar-refractivity contribution is 5.99. The van der Waals surface area contributed by atoms with Crippen molar-refractivity contribution in [2.45, 2.75) is 32.2 Å². The van der Waals surface area contributed by atoms with Crippen molar-refractivity contribution in [2.24, 2.45) is 5.92 Å². The first-order valence-corrected chi connectivity index (χ1v) is 9.34. The number of anilines is 1. The fourth-order valence-electron chi connectivity index (χ4n) is 3.75. The van der Waals surface area contributed by atoms with Gasteiger partial charge >= 0.3 is 0 Å². The lowest BCUT2D eigenvalue weighted by Gasteiger charge is -2.41. The number of benzene rings is 2. The summed E-state index contributed by atoms with van der Waals surface area (Å²) in [5.41, 5.74) is 3.24. The summed E-state index contributed by atoms with van der Waals surface area (Å²) in [6.45, 7) is 2.76. The number of nitrogens with zero attached hydrogens (tertiary/aromatic N) is 2. The van der Waals surface area contributed by atoms with Crippen LogP contribution >= 0.6 is 0 Å². The fraction of sp³-hybridized carbons (Fsp3) is 0.364. The van der Waals surface area contributed by atoms with Crippen LogP contribution in [-0.2, 0) is 16.0 Å². The number of amides is 2. The van der Waals surface area contributed by atoms with Gasteiger partial charge in [0.1, 0.15) is 6.54 Å². The second-order valence-corrected chi connectivity index (χ2v) is 7.37. The van der Waals surface area contributed by atoms with Gasteiger partial charge in [0.05, 0.1) is 6.04 Å². The molecule has 4 rings (SSSR count). The van der Waals surface area contributed by atoms with Gasteiger partial charge in [-0.3, -0.25) is 9.59 Å². The second-order valence-electron chi connectivity index (χ2n) is 7.37. The van der Waals surface area contributed by atoms with E-state index in [4.69, 9.17) is 0 Å². The zero-order chi connectivity index (χ0) is 18.1. The lowest BCUT2D eigenvalue weighted by Crippen LogP contribution is -2.59. The topological polar surface area (TPSA) is 40.6 Å². The van der Waals surface area contributed by atoms with Crippen LogP contribution in [0.3, 0.4) is 0 Å². The first-order valence-electron chi connectivity index (χ1n) is 9.34. The molecule has 1 saturated heterocycles. The highest BCUT2D eigenvalue weighted by Gasteiger charge is 2.41. The molecule has 1 aliphatic carbocycles. The van der Waals surface area contributed by atoms with Crippen molar-refractivity contribution in [3.8, 4) is 0 Å². The number of rotatable bonds is 4. The van der Waals surface area contributed by atoms with Crippen molar-refractivity contribution in [1.82, 2.24) is 4.90 Å². The molecule has 1 saturated carbocycles. The van der Waals surface area contributed by atoms with Crippen LogP contribution in [-0.4, -0.2) is 35.8 Å². The molecule has 0 bridgehead atoms. The third-order valence-electron chi connectivity index (χ3n) is 5.37. The van der Waals surface area contributed by atoms with Crippen molar-refractivity contribution in [3.05, 3.63) is 65.7 Å². The van der Waals surface area contributed by atoms with Crippen LogP contribution in [0, 0.1) is 12.8 Å². The third-order valence-corrected chi connectivity index (χ3v) is 5.37. The van der Waals surface area contributed by atoms with Gasteiger partial charge in [0.2, 0.25) is 11.8 Å². The Hall–Kier alpha value is -2.62. The minimum Gasteiger partial charge on any atom is -0.328 e. The Bertz CT molecular complexity index is 814. The summed E-state index contributed by atoms with van der Waals surface area (Å²) in [5, 5.41) is 0. The molecule has 26 heavy (non-hydrogen) atoms. The molecule has 0 aromatic heterocycles. The summed E-state index contributed by atoms with van der Waals surface area (Å²) >= 11 is 0. The van der Waals surface area contributed by atoms with Crippen LogP contribution in [0.4, 0.5) is 5.69 Å². The number of piperazine rings is 1. The average Bonchev–Trinajstić information content (AvgIpc) is 3.49. The van der Waals surface area contributed by atoms with Gasteiger partial charge in [0.25, 0.3) is 0 Å². The molecule has 4 heteroatoms. The molecule has 2 fully saturated rings. The summed E-state index contributed by atoms with van der Waals surface area (Å²) in [5.74, 6) is 0.299. The molecule has 134 valence electrons. The molecule has 2 amide bonds. The van der Waals surface area contributed by atoms with Gasteiger partial charge in [-0.15, -0.1) is 0 Å². The van der Waals surface area contributed by atoms with E-state index < -0.39 is 0 Å². The number of hydrogen-bond donors (Lipinski definition) is 0. The predicted molar refractivity (Wildman–Crippen MR) is 102 cm³/mol. The molecule has 0 spiro atoms. The first-order chi connectivity index (χ1) is 12.6. The largest absolute Gasteiger partial charge is 0.328 e. The predicted octanol–water partition coefficient (Wildman–Crippen LogP) is 3.19. The van der Waals surface area contributed by atoms with Crippen LogP contribution in [0.2, 0.25) is 0 Å². The van der Waals surface area contributed by atoms with Crippen LogP contribution in [0.25, 0.3) is 0 Å². The lowest BCUT2D eigenvalue weighted by molar-refractivity contribution is -0.140. The Morgan fingerprint density at radius 2 is 1.73 bits per heavy atom. The van der Waals surface area contributed by atoms with Crippen molar-refractivity contribution in [2.75, 3.05) is 18.0 Å². The van der Waals surface area contributed by atoms with Crippen LogP contribution in [0.5, 0.6) is 0 Å². The minimum absolute atomic E-state index is 0.0117. The molecular weight excluding hydrogens is 324 g/mol. The van der Waals surface area contributed by atoms with E-state index in [0.29, 0.717) is 6.54 Å². The van der Waals surface area contributed by atoms with Gasteiger partial charge in [-0.25, -0.2) is 0 Å². The zero-order valence-corrected chi connectivity index (χ0v) is 15.1. The summed E-state index contributed by atoms with van der Waals surface area (Å²) in [6, 6.07) is 18.2. The van der Waals surface area contributed by atoms with Gasteiger partial charge in [0, 0.05) is 18.2 Å². The van der Waals surface area contributed by atoms with E-state index in [0.717, 1.165) is 30.5 Å². The van der Waals surface area contributed by atoms with Gasteiger partial charge in [-0.05, 0) is 43.4 Å². The second kappa shape index (κ2) is 6.94. The summed E-state index contributed by atoms with van der Waals surface area (Å²) in [4.78, 5) is 29.3. The average molecular weight is 348 g/mol. The fourth-order valence-corrected chi connectivity index (χ4v) is 3.75. The molecule has 4 nitrogen and oxygen atoms in total. The first kappa shape index (κ1) is 16.8. The van der Waals surface area contributed by atoms with Crippen molar-refractivity contribution >= 4 is 17.5 Å². The molecule has 0 radical (unpaired) electrons. The number of carbonyl (C=O) groups is 2. The molecule has 2 aromatic rings. The zero-order valence-electron chi connectivity index (χ0n) is 15.1. The Balaban J connectivity index is 1.62.